The summed E-state index contributed by atoms with van der Waals surface area (Å²) in [6.07, 6.45) is 0. The van der Waals surface area contributed by atoms with Gasteiger partial charge in [-0.05, 0) is 12.1 Å². The fourth-order valence-electron chi connectivity index (χ4n) is 1.59. The highest BCUT2D eigenvalue weighted by Gasteiger charge is 2.13. The summed E-state index contributed by atoms with van der Waals surface area (Å²) < 4.78 is 2.07. The molecule has 0 atom stereocenters. The number of para-hydroxylation sites is 1. The Labute approximate surface area is 112 Å². The molecule has 1 aliphatic rings. The van der Waals surface area contributed by atoms with E-state index in [4.69, 9.17) is 0 Å². The fourth-order valence-corrected chi connectivity index (χ4v) is 1.77. The molecule has 0 amide bonds. The minimum absolute atomic E-state index is 1.04. The summed E-state index contributed by atoms with van der Waals surface area (Å²) in [6, 6.07) is 10.5. The van der Waals surface area contributed by atoms with E-state index in [1.54, 1.807) is 0 Å². The number of thiol groups is 1. The van der Waals surface area contributed by atoms with Crippen LogP contribution in [0, 0.1) is 0 Å². The molecule has 0 radical (unpaired) electrons. The maximum atomic E-state index is 4.32. The molecule has 0 saturated carbocycles. The highest BCUT2D eigenvalue weighted by molar-refractivity contribution is 7.77. The molecule has 98 valence electrons. The van der Waals surface area contributed by atoms with Crippen LogP contribution in [0.25, 0.3) is 0 Å². The zero-order valence-electron chi connectivity index (χ0n) is 11.6. The Kier molecular flexibility index (Phi) is 10.1. The van der Waals surface area contributed by atoms with E-state index in [0.29, 0.717) is 0 Å². The number of anilines is 1. The van der Waals surface area contributed by atoms with Gasteiger partial charge in [-0.25, -0.2) is 4.31 Å². The highest BCUT2D eigenvalue weighted by atomic mass is 32.1. The molecule has 1 aromatic carbocycles. The van der Waals surface area contributed by atoms with Crippen LogP contribution in [0.1, 0.15) is 27.7 Å². The molecule has 1 aliphatic heterocycles. The van der Waals surface area contributed by atoms with Gasteiger partial charge in [-0.1, -0.05) is 58.7 Å². The Morgan fingerprint density at radius 2 is 1.29 bits per heavy atom. The van der Waals surface area contributed by atoms with Gasteiger partial charge in [0.1, 0.15) is 0 Å². The monoisotopic (exact) mass is 254 g/mol. The quantitative estimate of drug-likeness (QED) is 0.763. The van der Waals surface area contributed by atoms with Gasteiger partial charge in [-0.15, -0.1) is 0 Å². The van der Waals surface area contributed by atoms with E-state index in [1.165, 1.54) is 5.69 Å². The van der Waals surface area contributed by atoms with Crippen molar-refractivity contribution in [1.82, 2.24) is 4.31 Å². The van der Waals surface area contributed by atoms with Gasteiger partial charge in [0.2, 0.25) is 0 Å². The zero-order chi connectivity index (χ0) is 13.1. The molecule has 0 aromatic heterocycles. The molecular formula is C14H26N2S. The number of piperazine rings is 1. The predicted octanol–water partition coefficient (Wildman–Crippen LogP) is 3.71. The van der Waals surface area contributed by atoms with Gasteiger partial charge in [0.25, 0.3) is 0 Å². The van der Waals surface area contributed by atoms with Crippen molar-refractivity contribution in [2.75, 3.05) is 31.1 Å². The molecule has 17 heavy (non-hydrogen) atoms. The zero-order valence-corrected chi connectivity index (χ0v) is 12.5. The van der Waals surface area contributed by atoms with Crippen molar-refractivity contribution in [3.63, 3.8) is 0 Å². The smallest absolute Gasteiger partial charge is 0.0367 e. The second-order valence-electron chi connectivity index (χ2n) is 3.28. The fraction of sp³-hybridized carbons (Fsp3) is 0.571. The number of benzene rings is 1. The van der Waals surface area contributed by atoms with E-state index < -0.39 is 0 Å². The average Bonchev–Trinajstić information content (AvgIpc) is 2.45. The first-order valence-corrected chi connectivity index (χ1v) is 7.00. The van der Waals surface area contributed by atoms with Crippen molar-refractivity contribution >= 4 is 18.5 Å². The summed E-state index contributed by atoms with van der Waals surface area (Å²) in [5, 5.41) is 0. The maximum absolute atomic E-state index is 4.32. The number of nitrogens with zero attached hydrogens (tertiary/aromatic N) is 2. The molecule has 3 heteroatoms. The van der Waals surface area contributed by atoms with Crippen molar-refractivity contribution in [1.29, 1.82) is 0 Å². The molecule has 1 saturated heterocycles. The van der Waals surface area contributed by atoms with Gasteiger partial charge in [-0.3, -0.25) is 0 Å². The van der Waals surface area contributed by atoms with Crippen LogP contribution >= 0.6 is 12.8 Å². The summed E-state index contributed by atoms with van der Waals surface area (Å²) >= 11 is 4.32. The van der Waals surface area contributed by atoms with Crippen LogP contribution in [0.2, 0.25) is 0 Å². The second kappa shape index (κ2) is 10.5. The van der Waals surface area contributed by atoms with Crippen LogP contribution in [0.5, 0.6) is 0 Å². The average molecular weight is 254 g/mol. The van der Waals surface area contributed by atoms with E-state index in [1.807, 2.05) is 27.7 Å². The first-order chi connectivity index (χ1) is 8.36. The van der Waals surface area contributed by atoms with Crippen LogP contribution in [0.3, 0.4) is 0 Å². The molecule has 2 nitrogen and oxygen atoms in total. The largest absolute Gasteiger partial charge is 0.369 e. The molecule has 0 bridgehead atoms. The van der Waals surface area contributed by atoms with Crippen LogP contribution in [-0.4, -0.2) is 30.5 Å². The molecule has 1 aromatic rings. The maximum Gasteiger partial charge on any atom is 0.0367 e. The molecule has 0 spiro atoms. The Morgan fingerprint density at radius 3 is 1.76 bits per heavy atom. The Hall–Kier alpha value is -0.670. The highest BCUT2D eigenvalue weighted by Crippen LogP contribution is 2.15. The lowest BCUT2D eigenvalue weighted by Crippen LogP contribution is -2.42. The Bertz CT molecular complexity index is 256. The first kappa shape index (κ1) is 16.3. The normalized spacial score (nSPS) is 15.2. The van der Waals surface area contributed by atoms with Crippen molar-refractivity contribution < 1.29 is 0 Å². The van der Waals surface area contributed by atoms with Gasteiger partial charge in [0, 0.05) is 31.9 Å². The van der Waals surface area contributed by atoms with Crippen LogP contribution in [0.15, 0.2) is 30.3 Å². The van der Waals surface area contributed by atoms with Crippen LogP contribution in [-0.2, 0) is 0 Å². The standard InChI is InChI=1S/C10H14N2S.2C2H6/c13-12-8-6-11(7-9-12)10-4-2-1-3-5-10;2*1-2/h1-5,13H,6-9H2;2*1-2H3. The van der Waals surface area contributed by atoms with E-state index >= 15 is 0 Å². The van der Waals surface area contributed by atoms with Crippen LogP contribution in [0.4, 0.5) is 5.69 Å². The predicted molar refractivity (Wildman–Crippen MR) is 81.9 cm³/mol. The van der Waals surface area contributed by atoms with Crippen molar-refractivity contribution in [2.45, 2.75) is 27.7 Å². The van der Waals surface area contributed by atoms with E-state index in [2.05, 4.69) is 52.4 Å². The third kappa shape index (κ3) is 5.99. The first-order valence-electron chi connectivity index (χ1n) is 6.60. The molecule has 1 heterocycles. The lowest BCUT2D eigenvalue weighted by molar-refractivity contribution is 0.434. The van der Waals surface area contributed by atoms with E-state index in [9.17, 15) is 0 Å². The molecule has 0 aliphatic carbocycles. The third-order valence-electron chi connectivity index (χ3n) is 2.38. The van der Waals surface area contributed by atoms with Crippen molar-refractivity contribution in [3.8, 4) is 0 Å². The minimum atomic E-state index is 1.04. The lowest BCUT2D eigenvalue weighted by atomic mass is 10.2. The Balaban J connectivity index is 0.000000581. The number of hydrogen-bond acceptors (Lipinski definition) is 3. The molecule has 0 unspecified atom stereocenters. The molecule has 0 N–H and O–H groups in total. The van der Waals surface area contributed by atoms with Gasteiger partial charge in [0.15, 0.2) is 0 Å². The van der Waals surface area contributed by atoms with Gasteiger partial charge in [-0.2, -0.15) is 0 Å². The molecule has 2 rings (SSSR count). The van der Waals surface area contributed by atoms with Crippen LogP contribution < -0.4 is 4.90 Å². The molecular weight excluding hydrogens is 228 g/mol. The summed E-state index contributed by atoms with van der Waals surface area (Å²) in [6.45, 7) is 12.2. The molecule has 1 fully saturated rings. The second-order valence-corrected chi connectivity index (χ2v) is 3.84. The summed E-state index contributed by atoms with van der Waals surface area (Å²) in [5.74, 6) is 0. The summed E-state index contributed by atoms with van der Waals surface area (Å²) in [7, 11) is 0. The number of rotatable bonds is 1. The lowest BCUT2D eigenvalue weighted by Gasteiger charge is -2.33. The van der Waals surface area contributed by atoms with Gasteiger partial charge >= 0.3 is 0 Å². The third-order valence-corrected chi connectivity index (χ3v) is 2.78. The van der Waals surface area contributed by atoms with Gasteiger partial charge in [0.05, 0.1) is 0 Å². The Morgan fingerprint density at radius 1 is 0.824 bits per heavy atom. The topological polar surface area (TPSA) is 6.48 Å². The van der Waals surface area contributed by atoms with Crippen molar-refractivity contribution in [2.24, 2.45) is 0 Å². The van der Waals surface area contributed by atoms with E-state index in [0.717, 1.165) is 26.2 Å². The summed E-state index contributed by atoms with van der Waals surface area (Å²) in [4.78, 5) is 2.40. The van der Waals surface area contributed by atoms with Crippen molar-refractivity contribution in [3.05, 3.63) is 30.3 Å². The minimum Gasteiger partial charge on any atom is -0.369 e. The van der Waals surface area contributed by atoms with Gasteiger partial charge < -0.3 is 4.90 Å². The number of hydrogen-bond donors (Lipinski definition) is 1. The SMILES string of the molecule is CC.CC.SN1CCN(c2ccccc2)CC1. The summed E-state index contributed by atoms with van der Waals surface area (Å²) in [5.41, 5.74) is 1.32. The van der Waals surface area contributed by atoms with E-state index in [-0.39, 0.29) is 0 Å².